The first-order valence-corrected chi connectivity index (χ1v) is 9.70. The molecule has 1 aromatic heterocycles. The van der Waals surface area contributed by atoms with Crippen LogP contribution in [0.4, 0.5) is 5.69 Å². The Hall–Kier alpha value is -1.16. The number of aromatic nitrogens is 1. The summed E-state index contributed by atoms with van der Waals surface area (Å²) in [5.41, 5.74) is 0.252. The van der Waals surface area contributed by atoms with Gasteiger partial charge in [0.05, 0.1) is 11.1 Å². The lowest BCUT2D eigenvalue weighted by Crippen LogP contribution is -2.11. The van der Waals surface area contributed by atoms with Crippen molar-refractivity contribution in [3.63, 3.8) is 0 Å². The minimum absolute atomic E-state index is 0.0188. The van der Waals surface area contributed by atoms with E-state index in [2.05, 4.69) is 9.71 Å². The third-order valence-corrected chi connectivity index (χ3v) is 6.34. The Morgan fingerprint density at radius 1 is 1.15 bits per heavy atom. The quantitative estimate of drug-likeness (QED) is 0.908. The van der Waals surface area contributed by atoms with Gasteiger partial charge in [0.25, 0.3) is 10.0 Å². The molecule has 0 spiro atoms. The number of sulfone groups is 1. The van der Waals surface area contributed by atoms with Gasteiger partial charge in [-0.1, -0.05) is 22.9 Å². The van der Waals surface area contributed by atoms with Crippen molar-refractivity contribution < 1.29 is 16.8 Å². The molecule has 1 heterocycles. The summed E-state index contributed by atoms with van der Waals surface area (Å²) < 4.78 is 49.0. The summed E-state index contributed by atoms with van der Waals surface area (Å²) in [6.07, 6.45) is 2.23. The van der Waals surface area contributed by atoms with Gasteiger partial charge in [0.2, 0.25) is 0 Å². The molecule has 0 fully saturated rings. The van der Waals surface area contributed by atoms with Crippen LogP contribution in [0.1, 0.15) is 0 Å². The van der Waals surface area contributed by atoms with Gasteiger partial charge in [-0.05, 0) is 24.3 Å². The second-order valence-corrected chi connectivity index (χ2v) is 9.37. The number of anilines is 1. The van der Waals surface area contributed by atoms with E-state index in [1.165, 1.54) is 24.3 Å². The highest BCUT2D eigenvalue weighted by Gasteiger charge is 2.18. The standard InChI is InChI=1S/C10H9ClN2O4S3/c1-19(14,15)8-4-2-7(3-5-8)13-20(16,17)9-6-12-10(11)18-9/h2-6,13H,1H3. The summed E-state index contributed by atoms with van der Waals surface area (Å²) in [6, 6.07) is 5.40. The average molecular weight is 353 g/mol. The Balaban J connectivity index is 2.26. The SMILES string of the molecule is CS(=O)(=O)c1ccc(NS(=O)(=O)c2cnc(Cl)s2)cc1. The molecule has 0 bridgehead atoms. The maximum atomic E-state index is 12.0. The van der Waals surface area contributed by atoms with E-state index < -0.39 is 19.9 Å². The first-order valence-electron chi connectivity index (χ1n) is 5.13. The van der Waals surface area contributed by atoms with Gasteiger partial charge in [-0.3, -0.25) is 4.72 Å². The van der Waals surface area contributed by atoms with Crippen LogP contribution in [0.15, 0.2) is 39.6 Å². The lowest BCUT2D eigenvalue weighted by atomic mass is 10.3. The molecule has 1 N–H and O–H groups in total. The second-order valence-electron chi connectivity index (χ2n) is 3.83. The number of hydrogen-bond donors (Lipinski definition) is 1. The molecule has 0 atom stereocenters. The molecule has 10 heteroatoms. The predicted octanol–water partition coefficient (Wildman–Crippen LogP) is 2.00. The van der Waals surface area contributed by atoms with Crippen molar-refractivity contribution in [3.8, 4) is 0 Å². The number of hydrogen-bond acceptors (Lipinski definition) is 6. The van der Waals surface area contributed by atoms with Gasteiger partial charge in [-0.25, -0.2) is 21.8 Å². The van der Waals surface area contributed by atoms with Gasteiger partial charge in [0.15, 0.2) is 18.5 Å². The minimum Gasteiger partial charge on any atom is -0.279 e. The van der Waals surface area contributed by atoms with E-state index in [0.717, 1.165) is 23.8 Å². The van der Waals surface area contributed by atoms with Crippen LogP contribution in [-0.4, -0.2) is 28.1 Å². The van der Waals surface area contributed by atoms with Crippen LogP contribution in [0.3, 0.4) is 0 Å². The van der Waals surface area contributed by atoms with Crippen LogP contribution in [0.5, 0.6) is 0 Å². The summed E-state index contributed by atoms with van der Waals surface area (Å²) in [6.45, 7) is 0. The van der Waals surface area contributed by atoms with Gasteiger partial charge in [0.1, 0.15) is 0 Å². The Morgan fingerprint density at radius 3 is 2.20 bits per heavy atom. The van der Waals surface area contributed by atoms with Crippen molar-refractivity contribution in [1.29, 1.82) is 0 Å². The van der Waals surface area contributed by atoms with Crippen LogP contribution >= 0.6 is 22.9 Å². The predicted molar refractivity (Wildman–Crippen MR) is 77.5 cm³/mol. The smallest absolute Gasteiger partial charge is 0.273 e. The van der Waals surface area contributed by atoms with E-state index >= 15 is 0 Å². The summed E-state index contributed by atoms with van der Waals surface area (Å²) in [7, 11) is -7.08. The number of sulfonamides is 1. The molecule has 2 rings (SSSR count). The molecule has 0 amide bonds. The van der Waals surface area contributed by atoms with Crippen molar-refractivity contribution in [2.24, 2.45) is 0 Å². The van der Waals surface area contributed by atoms with Crippen molar-refractivity contribution in [2.75, 3.05) is 11.0 Å². The average Bonchev–Trinajstić information content (AvgIpc) is 2.76. The third kappa shape index (κ3) is 3.48. The van der Waals surface area contributed by atoms with Gasteiger partial charge in [-0.2, -0.15) is 0 Å². The molecular formula is C10H9ClN2O4S3. The highest BCUT2D eigenvalue weighted by atomic mass is 35.5. The van der Waals surface area contributed by atoms with Crippen molar-refractivity contribution in [1.82, 2.24) is 4.98 Å². The zero-order chi connectivity index (χ0) is 15.0. The van der Waals surface area contributed by atoms with E-state index in [1.807, 2.05) is 0 Å². The molecule has 108 valence electrons. The van der Waals surface area contributed by atoms with Gasteiger partial charge in [0, 0.05) is 11.9 Å². The molecule has 6 nitrogen and oxygen atoms in total. The van der Waals surface area contributed by atoms with Crippen LogP contribution in [0, 0.1) is 0 Å². The van der Waals surface area contributed by atoms with Gasteiger partial charge < -0.3 is 0 Å². The Bertz CT molecular complexity index is 826. The molecule has 0 aliphatic carbocycles. The molecule has 20 heavy (non-hydrogen) atoms. The molecule has 1 aromatic carbocycles. The minimum atomic E-state index is -3.77. The third-order valence-electron chi connectivity index (χ3n) is 2.26. The van der Waals surface area contributed by atoms with E-state index in [0.29, 0.717) is 0 Å². The summed E-state index contributed by atoms with van der Waals surface area (Å²) in [5.74, 6) is 0. The molecule has 0 saturated carbocycles. The lowest BCUT2D eigenvalue weighted by Gasteiger charge is -2.06. The maximum absolute atomic E-state index is 12.0. The van der Waals surface area contributed by atoms with Crippen molar-refractivity contribution in [2.45, 2.75) is 9.10 Å². The Labute approximate surface area is 125 Å². The molecule has 0 saturated heterocycles. The summed E-state index contributed by atoms with van der Waals surface area (Å²) in [4.78, 5) is 3.77. The van der Waals surface area contributed by atoms with Crippen molar-refractivity contribution >= 4 is 48.5 Å². The number of nitrogens with zero attached hydrogens (tertiary/aromatic N) is 1. The molecule has 0 radical (unpaired) electrons. The van der Waals surface area contributed by atoms with Gasteiger partial charge in [-0.15, -0.1) is 0 Å². The van der Waals surface area contributed by atoms with E-state index in [9.17, 15) is 16.8 Å². The highest BCUT2D eigenvalue weighted by Crippen LogP contribution is 2.25. The number of thiazole rings is 1. The Morgan fingerprint density at radius 2 is 1.75 bits per heavy atom. The van der Waals surface area contributed by atoms with Crippen molar-refractivity contribution in [3.05, 3.63) is 34.9 Å². The molecular weight excluding hydrogens is 344 g/mol. The molecule has 0 aliphatic rings. The number of halogens is 1. The van der Waals surface area contributed by atoms with Crippen LogP contribution in [-0.2, 0) is 19.9 Å². The zero-order valence-corrected chi connectivity index (χ0v) is 13.3. The fourth-order valence-electron chi connectivity index (χ4n) is 1.34. The number of rotatable bonds is 4. The maximum Gasteiger partial charge on any atom is 0.273 e. The van der Waals surface area contributed by atoms with E-state index in [1.54, 1.807) is 0 Å². The molecule has 0 unspecified atom stereocenters. The fourth-order valence-corrected chi connectivity index (χ4v) is 4.32. The normalized spacial score (nSPS) is 12.3. The van der Waals surface area contributed by atoms with Crippen LogP contribution < -0.4 is 4.72 Å². The van der Waals surface area contributed by atoms with Crippen LogP contribution in [0.2, 0.25) is 4.47 Å². The Kier molecular flexibility index (Phi) is 4.05. The zero-order valence-electron chi connectivity index (χ0n) is 10.1. The molecule has 2 aromatic rings. The van der Waals surface area contributed by atoms with E-state index in [-0.39, 0.29) is 19.3 Å². The second kappa shape index (κ2) is 5.32. The lowest BCUT2D eigenvalue weighted by molar-refractivity contribution is 0.601. The summed E-state index contributed by atoms with van der Waals surface area (Å²) >= 11 is 6.42. The first kappa shape index (κ1) is 15.2. The summed E-state index contributed by atoms with van der Waals surface area (Å²) in [5, 5.41) is 0. The first-order chi connectivity index (χ1) is 9.18. The number of benzene rings is 1. The monoisotopic (exact) mass is 352 g/mol. The number of nitrogens with one attached hydrogen (secondary N) is 1. The van der Waals surface area contributed by atoms with Gasteiger partial charge >= 0.3 is 0 Å². The van der Waals surface area contributed by atoms with Crippen LogP contribution in [0.25, 0.3) is 0 Å². The topological polar surface area (TPSA) is 93.2 Å². The molecule has 0 aliphatic heterocycles. The highest BCUT2D eigenvalue weighted by molar-refractivity contribution is 7.94. The largest absolute Gasteiger partial charge is 0.279 e. The van der Waals surface area contributed by atoms with E-state index in [4.69, 9.17) is 11.6 Å². The fraction of sp³-hybridized carbons (Fsp3) is 0.100.